The van der Waals surface area contributed by atoms with Crippen LogP contribution in [-0.4, -0.2) is 37.0 Å². The number of likely N-dealkylation sites (N-methyl/N-ethyl adjacent to an activating group) is 1. The summed E-state index contributed by atoms with van der Waals surface area (Å²) in [5.74, 6) is 0.0288. The molecule has 0 saturated heterocycles. The number of rotatable bonds is 9. The molecule has 168 valence electrons. The summed E-state index contributed by atoms with van der Waals surface area (Å²) in [6, 6.07) is 7.80. The van der Waals surface area contributed by atoms with Crippen molar-refractivity contribution in [3.63, 3.8) is 0 Å². The minimum Gasteiger partial charge on any atom is -0.491 e. The lowest BCUT2D eigenvalue weighted by molar-refractivity contribution is -0.137. The van der Waals surface area contributed by atoms with Crippen LogP contribution in [0.5, 0.6) is 5.75 Å². The number of halogens is 5. The van der Waals surface area contributed by atoms with Crippen LogP contribution in [0.4, 0.5) is 18.9 Å². The summed E-state index contributed by atoms with van der Waals surface area (Å²) >= 11 is 12.1. The Hall–Kier alpha value is -2.22. The second-order valence-corrected chi connectivity index (χ2v) is 7.39. The van der Waals surface area contributed by atoms with Crippen molar-refractivity contribution < 1.29 is 22.7 Å². The van der Waals surface area contributed by atoms with E-state index in [-0.39, 0.29) is 5.02 Å². The molecule has 0 spiro atoms. The summed E-state index contributed by atoms with van der Waals surface area (Å²) < 4.78 is 43.8. The number of hydrogen-bond acceptors (Lipinski definition) is 3. The van der Waals surface area contributed by atoms with Gasteiger partial charge in [-0.25, -0.2) is 0 Å². The van der Waals surface area contributed by atoms with Gasteiger partial charge in [0.15, 0.2) is 0 Å². The number of benzene rings is 2. The second kappa shape index (κ2) is 11.4. The molecule has 0 unspecified atom stereocenters. The first kappa shape index (κ1) is 25.0. The zero-order valence-electron chi connectivity index (χ0n) is 17.1. The van der Waals surface area contributed by atoms with E-state index in [1.54, 1.807) is 18.2 Å². The number of ether oxygens (including phenoxy) is 1. The van der Waals surface area contributed by atoms with E-state index in [0.717, 1.165) is 31.8 Å². The molecule has 0 aliphatic rings. The third-order valence-corrected chi connectivity index (χ3v) is 5.12. The SMILES string of the molecule is CCN(CC)CCOc1ccc(NC(=O)C=Cc2ccc(C(F)(F)F)cc2Cl)cc1Cl. The van der Waals surface area contributed by atoms with Crippen molar-refractivity contribution in [3.05, 3.63) is 63.6 Å². The normalized spacial score (nSPS) is 11.9. The first-order valence-corrected chi connectivity index (χ1v) is 10.4. The summed E-state index contributed by atoms with van der Waals surface area (Å²) in [5, 5.41) is 2.88. The first-order chi connectivity index (χ1) is 14.6. The van der Waals surface area contributed by atoms with Gasteiger partial charge < -0.3 is 15.0 Å². The fourth-order valence-electron chi connectivity index (χ4n) is 2.71. The third kappa shape index (κ3) is 7.76. The molecule has 0 aliphatic carbocycles. The molecule has 1 N–H and O–H groups in total. The van der Waals surface area contributed by atoms with Gasteiger partial charge in [0, 0.05) is 23.3 Å². The molecule has 0 heterocycles. The maximum absolute atomic E-state index is 12.7. The largest absolute Gasteiger partial charge is 0.491 e. The Labute approximate surface area is 189 Å². The molecule has 1 amide bonds. The Morgan fingerprint density at radius 1 is 1.10 bits per heavy atom. The highest BCUT2D eigenvalue weighted by molar-refractivity contribution is 6.32. The first-order valence-electron chi connectivity index (χ1n) is 9.64. The molecule has 31 heavy (non-hydrogen) atoms. The Bertz CT molecular complexity index is 929. The van der Waals surface area contributed by atoms with Gasteiger partial charge >= 0.3 is 6.18 Å². The summed E-state index contributed by atoms with van der Waals surface area (Å²) in [4.78, 5) is 14.4. The number of nitrogens with zero attached hydrogens (tertiary/aromatic N) is 1. The van der Waals surface area contributed by atoms with Gasteiger partial charge in [0.1, 0.15) is 12.4 Å². The van der Waals surface area contributed by atoms with Gasteiger partial charge in [-0.1, -0.05) is 43.1 Å². The summed E-state index contributed by atoms with van der Waals surface area (Å²) in [5.41, 5.74) is -0.109. The lowest BCUT2D eigenvalue weighted by atomic mass is 10.1. The number of alkyl halides is 3. The van der Waals surface area contributed by atoms with Crippen LogP contribution in [-0.2, 0) is 11.0 Å². The molecule has 0 radical (unpaired) electrons. The molecule has 9 heteroatoms. The Kier molecular flexibility index (Phi) is 9.22. The number of amides is 1. The van der Waals surface area contributed by atoms with Crippen molar-refractivity contribution in [2.75, 3.05) is 31.6 Å². The van der Waals surface area contributed by atoms with Gasteiger partial charge in [0.2, 0.25) is 5.91 Å². The van der Waals surface area contributed by atoms with Gasteiger partial charge in [-0.15, -0.1) is 0 Å². The van der Waals surface area contributed by atoms with Gasteiger partial charge in [-0.2, -0.15) is 13.2 Å². The predicted molar refractivity (Wildman–Crippen MR) is 119 cm³/mol. The zero-order chi connectivity index (χ0) is 23.0. The van der Waals surface area contributed by atoms with E-state index in [9.17, 15) is 18.0 Å². The molecule has 4 nitrogen and oxygen atoms in total. The average Bonchev–Trinajstić information content (AvgIpc) is 2.71. The molecule has 2 aromatic rings. The van der Waals surface area contributed by atoms with Gasteiger partial charge in [-0.3, -0.25) is 4.79 Å². The van der Waals surface area contributed by atoms with Gasteiger partial charge in [-0.05, 0) is 55.1 Å². The van der Waals surface area contributed by atoms with Crippen molar-refractivity contribution in [3.8, 4) is 5.75 Å². The highest BCUT2D eigenvalue weighted by Crippen LogP contribution is 2.32. The Morgan fingerprint density at radius 3 is 2.39 bits per heavy atom. The molecule has 2 aromatic carbocycles. The maximum Gasteiger partial charge on any atom is 0.416 e. The summed E-state index contributed by atoms with van der Waals surface area (Å²) in [6.07, 6.45) is -1.97. The molecule has 0 aromatic heterocycles. The lowest BCUT2D eigenvalue weighted by Gasteiger charge is -2.18. The highest BCUT2D eigenvalue weighted by atomic mass is 35.5. The highest BCUT2D eigenvalue weighted by Gasteiger charge is 2.30. The monoisotopic (exact) mass is 474 g/mol. The molecular formula is C22H23Cl2F3N2O2. The molecule has 0 atom stereocenters. The lowest BCUT2D eigenvalue weighted by Crippen LogP contribution is -2.27. The van der Waals surface area contributed by atoms with E-state index < -0.39 is 17.6 Å². The number of nitrogens with one attached hydrogen (secondary N) is 1. The van der Waals surface area contributed by atoms with E-state index in [4.69, 9.17) is 27.9 Å². The standard InChI is InChI=1S/C22H23Cl2F3N2O2/c1-3-29(4-2)11-12-31-20-9-8-17(14-19(20)24)28-21(30)10-6-15-5-7-16(13-18(15)23)22(25,26)27/h5-10,13-14H,3-4,11-12H2,1-2H3,(H,28,30). The third-order valence-electron chi connectivity index (χ3n) is 4.50. The van der Waals surface area contributed by atoms with Gasteiger partial charge in [0.25, 0.3) is 0 Å². The van der Waals surface area contributed by atoms with Crippen LogP contribution in [0, 0.1) is 0 Å². The van der Waals surface area contributed by atoms with Crippen LogP contribution in [0.1, 0.15) is 25.0 Å². The number of hydrogen-bond donors (Lipinski definition) is 1. The molecule has 0 saturated carbocycles. The van der Waals surface area contributed by atoms with Crippen LogP contribution in [0.25, 0.3) is 6.08 Å². The van der Waals surface area contributed by atoms with E-state index in [0.29, 0.717) is 28.6 Å². The quantitative estimate of drug-likeness (QED) is 0.428. The Morgan fingerprint density at radius 2 is 1.81 bits per heavy atom. The zero-order valence-corrected chi connectivity index (χ0v) is 18.6. The van der Waals surface area contributed by atoms with Crippen molar-refractivity contribution in [2.24, 2.45) is 0 Å². The van der Waals surface area contributed by atoms with Gasteiger partial charge in [0.05, 0.1) is 10.6 Å². The van der Waals surface area contributed by atoms with Crippen molar-refractivity contribution >= 4 is 40.9 Å². The van der Waals surface area contributed by atoms with Crippen LogP contribution >= 0.6 is 23.2 Å². The molecule has 0 aliphatic heterocycles. The number of carbonyl (C=O) groups excluding carboxylic acids is 1. The topological polar surface area (TPSA) is 41.6 Å². The maximum atomic E-state index is 12.7. The minimum absolute atomic E-state index is 0.104. The van der Waals surface area contributed by atoms with Crippen molar-refractivity contribution in [2.45, 2.75) is 20.0 Å². The molecule has 0 fully saturated rings. The number of carbonyl (C=O) groups is 1. The molecule has 0 bridgehead atoms. The second-order valence-electron chi connectivity index (χ2n) is 6.58. The minimum atomic E-state index is -4.48. The fourth-order valence-corrected chi connectivity index (χ4v) is 3.19. The average molecular weight is 475 g/mol. The van der Waals surface area contributed by atoms with E-state index in [1.807, 2.05) is 0 Å². The molecular weight excluding hydrogens is 452 g/mol. The van der Waals surface area contributed by atoms with E-state index in [2.05, 4.69) is 24.1 Å². The van der Waals surface area contributed by atoms with Crippen molar-refractivity contribution in [1.29, 1.82) is 0 Å². The van der Waals surface area contributed by atoms with Crippen LogP contribution < -0.4 is 10.1 Å². The summed E-state index contributed by atoms with van der Waals surface area (Å²) in [6.45, 7) is 7.29. The number of anilines is 1. The smallest absolute Gasteiger partial charge is 0.416 e. The van der Waals surface area contributed by atoms with E-state index in [1.165, 1.54) is 18.2 Å². The molecule has 2 rings (SSSR count). The van der Waals surface area contributed by atoms with Crippen LogP contribution in [0.2, 0.25) is 10.0 Å². The predicted octanol–water partition coefficient (Wildman–Crippen LogP) is 6.38. The summed E-state index contributed by atoms with van der Waals surface area (Å²) in [7, 11) is 0. The Balaban J connectivity index is 1.96. The van der Waals surface area contributed by atoms with Crippen LogP contribution in [0.15, 0.2) is 42.5 Å². The van der Waals surface area contributed by atoms with Crippen molar-refractivity contribution in [1.82, 2.24) is 4.90 Å². The van der Waals surface area contributed by atoms with E-state index >= 15 is 0 Å². The van der Waals surface area contributed by atoms with Crippen LogP contribution in [0.3, 0.4) is 0 Å². The fraction of sp³-hybridized carbons (Fsp3) is 0.318.